The van der Waals surface area contributed by atoms with Crippen molar-refractivity contribution < 1.29 is 9.18 Å². The number of hydrogen-bond acceptors (Lipinski definition) is 5. The Morgan fingerprint density at radius 3 is 3.00 bits per heavy atom. The van der Waals surface area contributed by atoms with E-state index in [1.54, 1.807) is 36.7 Å². The molecule has 1 aliphatic rings. The van der Waals surface area contributed by atoms with Crippen LogP contribution in [0.4, 0.5) is 10.1 Å². The Hall–Kier alpha value is -3.29. The van der Waals surface area contributed by atoms with Gasteiger partial charge in [0.05, 0.1) is 11.9 Å². The van der Waals surface area contributed by atoms with Gasteiger partial charge in [-0.05, 0) is 25.1 Å². The minimum Gasteiger partial charge on any atom is -0.330 e. The minimum absolute atomic E-state index is 0.322. The van der Waals surface area contributed by atoms with E-state index in [2.05, 4.69) is 20.5 Å². The maximum Gasteiger partial charge on any atom is 0.258 e. The zero-order valence-corrected chi connectivity index (χ0v) is 13.4. The van der Waals surface area contributed by atoms with Gasteiger partial charge >= 0.3 is 0 Å². The van der Waals surface area contributed by atoms with Gasteiger partial charge in [-0.25, -0.2) is 18.9 Å². The van der Waals surface area contributed by atoms with E-state index in [1.165, 1.54) is 21.8 Å². The van der Waals surface area contributed by atoms with Crippen LogP contribution in [0.25, 0.3) is 5.65 Å². The molecule has 0 aliphatic carbocycles. The Morgan fingerprint density at radius 2 is 2.16 bits per heavy atom. The average Bonchev–Trinajstić information content (AvgIpc) is 3.19. The van der Waals surface area contributed by atoms with Gasteiger partial charge in [0, 0.05) is 24.5 Å². The second kappa shape index (κ2) is 5.97. The van der Waals surface area contributed by atoms with Crippen molar-refractivity contribution in [2.75, 3.05) is 5.01 Å². The summed E-state index contributed by atoms with van der Waals surface area (Å²) in [5.74, 6) is -0.720. The molecular formula is C17H15FN6O. The number of rotatable bonds is 3. The predicted octanol–water partition coefficient (Wildman–Crippen LogP) is 2.21. The number of para-hydroxylation sites is 1. The molecule has 4 rings (SSSR count). The number of benzene rings is 1. The first-order valence-corrected chi connectivity index (χ1v) is 7.80. The highest BCUT2D eigenvalue weighted by Gasteiger charge is 2.30. The van der Waals surface area contributed by atoms with Crippen molar-refractivity contribution in [2.45, 2.75) is 19.5 Å². The number of fused-ring (bicyclic) bond motifs is 1. The van der Waals surface area contributed by atoms with Crippen molar-refractivity contribution in [3.63, 3.8) is 0 Å². The molecular weight excluding hydrogens is 323 g/mol. The lowest BCUT2D eigenvalue weighted by atomic mass is 10.2. The van der Waals surface area contributed by atoms with Crippen LogP contribution in [0.3, 0.4) is 0 Å². The number of halogens is 1. The normalized spacial score (nSPS) is 17.0. The van der Waals surface area contributed by atoms with Crippen molar-refractivity contribution >= 4 is 23.0 Å². The third-order valence-corrected chi connectivity index (χ3v) is 3.98. The average molecular weight is 338 g/mol. The second-order valence-corrected chi connectivity index (χ2v) is 5.77. The molecule has 0 spiro atoms. The van der Waals surface area contributed by atoms with Crippen LogP contribution in [0.5, 0.6) is 0 Å². The molecule has 1 unspecified atom stereocenters. The first-order valence-electron chi connectivity index (χ1n) is 7.80. The lowest BCUT2D eigenvalue weighted by Gasteiger charge is -2.24. The third-order valence-electron chi connectivity index (χ3n) is 3.98. The zero-order valence-electron chi connectivity index (χ0n) is 13.4. The van der Waals surface area contributed by atoms with E-state index >= 15 is 0 Å². The van der Waals surface area contributed by atoms with Crippen molar-refractivity contribution in [3.8, 4) is 0 Å². The number of hydrogen-bond donors (Lipinski definition) is 1. The number of hydrazone groups is 1. The smallest absolute Gasteiger partial charge is 0.258 e. The third kappa shape index (κ3) is 2.71. The van der Waals surface area contributed by atoms with Gasteiger partial charge in [0.1, 0.15) is 17.5 Å². The van der Waals surface area contributed by atoms with Crippen molar-refractivity contribution in [2.24, 2.45) is 5.10 Å². The monoisotopic (exact) mass is 338 g/mol. The molecule has 0 radical (unpaired) electrons. The number of carbonyl (C=O) groups is 1. The molecule has 2 aromatic heterocycles. The molecule has 1 aromatic carbocycles. The van der Waals surface area contributed by atoms with Crippen LogP contribution in [0.1, 0.15) is 23.7 Å². The van der Waals surface area contributed by atoms with Gasteiger partial charge in [-0.1, -0.05) is 12.1 Å². The number of nitrogens with zero attached hydrogens (tertiary/aromatic N) is 5. The molecule has 0 bridgehead atoms. The summed E-state index contributed by atoms with van der Waals surface area (Å²) in [4.78, 5) is 16.8. The Labute approximate surface area is 142 Å². The van der Waals surface area contributed by atoms with Crippen LogP contribution < -0.4 is 10.3 Å². The van der Waals surface area contributed by atoms with Gasteiger partial charge in [-0.3, -0.25) is 4.79 Å². The zero-order chi connectivity index (χ0) is 17.4. The van der Waals surface area contributed by atoms with Crippen LogP contribution >= 0.6 is 0 Å². The van der Waals surface area contributed by atoms with E-state index in [4.69, 9.17) is 0 Å². The van der Waals surface area contributed by atoms with Gasteiger partial charge in [0.15, 0.2) is 5.65 Å². The fraction of sp³-hybridized carbons (Fsp3) is 0.176. The summed E-state index contributed by atoms with van der Waals surface area (Å²) in [6.45, 7) is 1.84. The molecule has 0 saturated carbocycles. The second-order valence-electron chi connectivity index (χ2n) is 5.77. The van der Waals surface area contributed by atoms with Crippen LogP contribution in [-0.2, 0) is 0 Å². The van der Waals surface area contributed by atoms with Crippen molar-refractivity contribution in [1.82, 2.24) is 19.9 Å². The summed E-state index contributed by atoms with van der Waals surface area (Å²) in [6.07, 6.45) is 4.82. The van der Waals surface area contributed by atoms with Crippen LogP contribution in [0.2, 0.25) is 0 Å². The summed E-state index contributed by atoms with van der Waals surface area (Å²) in [6, 6.07) is 8.08. The highest BCUT2D eigenvalue weighted by Crippen LogP contribution is 2.26. The van der Waals surface area contributed by atoms with Crippen molar-refractivity contribution in [1.29, 1.82) is 0 Å². The molecule has 3 aromatic rings. The Kier molecular flexibility index (Phi) is 3.64. The maximum atomic E-state index is 14.1. The quantitative estimate of drug-likeness (QED) is 0.794. The summed E-state index contributed by atoms with van der Waals surface area (Å²) in [5.41, 5.74) is 1.96. The van der Waals surface area contributed by atoms with E-state index in [1.807, 2.05) is 6.92 Å². The molecule has 0 fully saturated rings. The largest absolute Gasteiger partial charge is 0.330 e. The van der Waals surface area contributed by atoms with Gasteiger partial charge < -0.3 is 5.32 Å². The molecule has 126 valence electrons. The van der Waals surface area contributed by atoms with Crippen molar-refractivity contribution in [3.05, 3.63) is 60.3 Å². The van der Waals surface area contributed by atoms with E-state index in [9.17, 15) is 9.18 Å². The van der Waals surface area contributed by atoms with E-state index in [0.29, 0.717) is 23.3 Å². The Balaban J connectivity index is 1.61. The molecule has 8 heteroatoms. The van der Waals surface area contributed by atoms with Gasteiger partial charge in [-0.2, -0.15) is 10.2 Å². The molecule has 1 atom stereocenters. The number of carbonyl (C=O) groups excluding carboxylic acids is 1. The van der Waals surface area contributed by atoms with Crippen LogP contribution in [0, 0.1) is 5.82 Å². The number of amides is 1. The number of aromatic nitrogens is 3. The number of nitrogens with one attached hydrogen (secondary N) is 1. The molecule has 1 aliphatic heterocycles. The van der Waals surface area contributed by atoms with Gasteiger partial charge in [0.25, 0.3) is 5.91 Å². The van der Waals surface area contributed by atoms with Crippen LogP contribution in [-0.4, -0.2) is 32.4 Å². The topological polar surface area (TPSA) is 74.9 Å². The fourth-order valence-corrected chi connectivity index (χ4v) is 2.85. The molecule has 0 saturated heterocycles. The predicted molar refractivity (Wildman–Crippen MR) is 90.8 cm³/mol. The van der Waals surface area contributed by atoms with Crippen LogP contribution in [0.15, 0.2) is 54.0 Å². The first-order chi connectivity index (χ1) is 12.1. The summed E-state index contributed by atoms with van der Waals surface area (Å²) >= 11 is 0. The Morgan fingerprint density at radius 1 is 1.32 bits per heavy atom. The highest BCUT2D eigenvalue weighted by atomic mass is 19.1. The molecule has 1 amide bonds. The molecule has 3 heterocycles. The maximum absolute atomic E-state index is 14.1. The highest BCUT2D eigenvalue weighted by molar-refractivity contribution is 6.00. The van der Waals surface area contributed by atoms with Gasteiger partial charge in [-0.15, -0.1) is 0 Å². The Bertz CT molecular complexity index is 982. The standard InChI is InChI=1S/C17H15FN6O/c1-11-9-15(24(22-11)14-6-3-2-5-13(14)18)21-17(25)12-10-20-23-8-4-7-19-16(12)23/h2-8,10,15H,9H2,1H3,(H,21,25). The SMILES string of the molecule is CC1=NN(c2ccccc2F)C(NC(=O)c2cnn3cccnc23)C1. The lowest BCUT2D eigenvalue weighted by Crippen LogP contribution is -2.44. The lowest BCUT2D eigenvalue weighted by molar-refractivity contribution is 0.0940. The molecule has 7 nitrogen and oxygen atoms in total. The first kappa shape index (κ1) is 15.3. The van der Waals surface area contributed by atoms with E-state index in [0.717, 1.165) is 5.71 Å². The van der Waals surface area contributed by atoms with E-state index < -0.39 is 12.0 Å². The number of anilines is 1. The van der Waals surface area contributed by atoms with E-state index in [-0.39, 0.29) is 5.91 Å². The van der Waals surface area contributed by atoms with Gasteiger partial charge in [0.2, 0.25) is 0 Å². The minimum atomic E-state index is -0.469. The fourth-order valence-electron chi connectivity index (χ4n) is 2.85. The molecule has 1 N–H and O–H groups in total. The summed E-state index contributed by atoms with van der Waals surface area (Å²) < 4.78 is 15.6. The molecule has 25 heavy (non-hydrogen) atoms. The summed E-state index contributed by atoms with van der Waals surface area (Å²) in [7, 11) is 0. The summed E-state index contributed by atoms with van der Waals surface area (Å²) in [5, 5.41) is 12.9.